The highest BCUT2D eigenvalue weighted by Gasteiger charge is 2.44. The van der Waals surface area contributed by atoms with E-state index >= 15 is 0 Å². The van der Waals surface area contributed by atoms with Crippen LogP contribution in [-0.4, -0.2) is 104 Å². The van der Waals surface area contributed by atoms with Crippen LogP contribution in [0.5, 0.6) is 5.75 Å². The van der Waals surface area contributed by atoms with Crippen molar-refractivity contribution in [3.8, 4) is 28.1 Å². The third kappa shape index (κ3) is 12.2. The smallest absolute Gasteiger partial charge is 0.246 e. The Morgan fingerprint density at radius 2 is 1.51 bits per heavy atom. The lowest BCUT2D eigenvalue weighted by molar-refractivity contribution is -0.144. The van der Waals surface area contributed by atoms with Gasteiger partial charge in [0.15, 0.2) is 5.82 Å². The van der Waals surface area contributed by atoms with Crippen molar-refractivity contribution in [1.29, 1.82) is 0 Å². The molecule has 0 bridgehead atoms. The van der Waals surface area contributed by atoms with Crippen LogP contribution in [-0.2, 0) is 30.5 Å². The molecule has 0 spiro atoms. The number of ether oxygens (including phenoxy) is 2. The Bertz CT molecular complexity index is 3310. The first-order valence-corrected chi connectivity index (χ1v) is 26.8. The number of carbonyl (C=O) groups excluding carboxylic acids is 4. The molecule has 3 aliphatic rings. The molecule has 4 atom stereocenters. The normalized spacial score (nSPS) is 17.5. The van der Waals surface area contributed by atoms with E-state index < -0.39 is 41.5 Å². The van der Waals surface area contributed by atoms with Crippen molar-refractivity contribution in [3.63, 3.8) is 0 Å². The summed E-state index contributed by atoms with van der Waals surface area (Å²) in [6, 6.07) is 29.6. The number of hydrogen-bond donors (Lipinski definition) is 5. The van der Waals surface area contributed by atoms with Gasteiger partial charge in [0.05, 0.1) is 31.5 Å². The first-order valence-electron chi connectivity index (χ1n) is 26.8. The molecule has 0 radical (unpaired) electrons. The van der Waals surface area contributed by atoms with E-state index in [-0.39, 0.29) is 51.0 Å². The minimum Gasteiger partial charge on any atom is -0.494 e. The summed E-state index contributed by atoms with van der Waals surface area (Å²) in [4.78, 5) is 64.6. The summed E-state index contributed by atoms with van der Waals surface area (Å²) in [6.07, 6.45) is 2.48. The molecule has 78 heavy (non-hydrogen) atoms. The number of β-amino-alcohol motifs (C(OH)–C–C–N with tert-alkyl or cyclic N) is 1. The van der Waals surface area contributed by atoms with Crippen LogP contribution in [0.3, 0.4) is 0 Å². The number of anilines is 1. The van der Waals surface area contributed by atoms with E-state index in [1.165, 1.54) is 16.0 Å². The molecule has 1 fully saturated rings. The lowest BCUT2D eigenvalue weighted by atomic mass is 9.85. The Hall–Kier alpha value is -7.95. The van der Waals surface area contributed by atoms with Crippen molar-refractivity contribution >= 4 is 40.7 Å². The number of aromatic nitrogens is 4. The summed E-state index contributed by atoms with van der Waals surface area (Å²) in [5, 5.41) is 28.6. The van der Waals surface area contributed by atoms with Crippen LogP contribution < -0.4 is 20.7 Å². The van der Waals surface area contributed by atoms with E-state index in [0.29, 0.717) is 30.3 Å². The van der Waals surface area contributed by atoms with E-state index in [4.69, 9.17) is 14.5 Å². The van der Waals surface area contributed by atoms with Crippen LogP contribution in [0.1, 0.15) is 106 Å². The van der Waals surface area contributed by atoms with Gasteiger partial charge in [0.1, 0.15) is 36.3 Å². The summed E-state index contributed by atoms with van der Waals surface area (Å²) in [5.41, 5.74) is 14.7. The zero-order valence-corrected chi connectivity index (χ0v) is 46.1. The Balaban J connectivity index is 0.728. The summed E-state index contributed by atoms with van der Waals surface area (Å²) in [5.74, 6) is 0.655. The molecule has 5 N–H and O–H groups in total. The fourth-order valence-electron chi connectivity index (χ4n) is 10.5. The van der Waals surface area contributed by atoms with Gasteiger partial charge < -0.3 is 40.4 Å². The standard InChI is InChI=1S/C62H71N9O7/c1-36-11-15-45(16-12-36)57-55-40(5)38(3)30-51(55)71-41(6)68-69-59(71)50(66-57)32-53(73)65-49-24-21-46(29-39(49)4)43-19-22-48(23-20-43)78-28-10-27-77-35-54(74)67-58(62(7,8)9)61(76)70-34-47(72)31-52(70)60(75)64-33-42-13-17-44(18-14-42)56-37(2)25-26-63-56/h11-26,29,47,50,52,58,63,72H,10,27-28,30-35H2,1-9H3,(H,64,75)(H,65,73)(H,67,74)/t47?,50?,52-,58+/m0/s1. The van der Waals surface area contributed by atoms with Crippen LogP contribution in [0.15, 0.2) is 125 Å². The zero-order valence-electron chi connectivity index (χ0n) is 46.1. The Labute approximate surface area is 456 Å². The molecule has 4 amide bonds. The quantitative estimate of drug-likeness (QED) is 0.0520. The molecule has 16 nitrogen and oxygen atoms in total. The van der Waals surface area contributed by atoms with Gasteiger partial charge in [0.2, 0.25) is 23.6 Å². The number of rotatable bonds is 18. The molecule has 1 aliphatic carbocycles. The number of benzene rings is 4. The summed E-state index contributed by atoms with van der Waals surface area (Å²) < 4.78 is 13.8. The lowest BCUT2D eigenvalue weighted by Gasteiger charge is -2.35. The van der Waals surface area contributed by atoms with Crippen LogP contribution >= 0.6 is 0 Å². The van der Waals surface area contributed by atoms with Crippen molar-refractivity contribution in [2.75, 3.05) is 31.7 Å². The maximum atomic E-state index is 14.1. The topological polar surface area (TPSA) is 205 Å². The van der Waals surface area contributed by atoms with Gasteiger partial charge in [-0.2, -0.15) is 0 Å². The van der Waals surface area contributed by atoms with Gasteiger partial charge >= 0.3 is 0 Å². The van der Waals surface area contributed by atoms with Crippen molar-refractivity contribution in [1.82, 2.24) is 35.3 Å². The predicted octanol–water partition coefficient (Wildman–Crippen LogP) is 9.29. The average Bonchev–Trinajstić information content (AvgIpc) is 4.26. The zero-order chi connectivity index (χ0) is 55.4. The van der Waals surface area contributed by atoms with Gasteiger partial charge in [0, 0.05) is 66.8 Å². The van der Waals surface area contributed by atoms with Crippen LogP contribution in [0, 0.1) is 33.1 Å². The molecule has 16 heteroatoms. The van der Waals surface area contributed by atoms with Gasteiger partial charge in [-0.3, -0.25) is 28.7 Å². The van der Waals surface area contributed by atoms with E-state index in [0.717, 1.165) is 79.4 Å². The number of aromatic amines is 1. The number of H-pyrrole nitrogens is 1. The molecule has 9 rings (SSSR count). The van der Waals surface area contributed by atoms with E-state index in [1.54, 1.807) is 0 Å². The fourth-order valence-corrected chi connectivity index (χ4v) is 10.5. The second-order valence-corrected chi connectivity index (χ2v) is 22.0. The van der Waals surface area contributed by atoms with Gasteiger partial charge in [0.25, 0.3) is 0 Å². The Kier molecular flexibility index (Phi) is 16.4. The van der Waals surface area contributed by atoms with Crippen molar-refractivity contribution in [2.45, 2.75) is 119 Å². The molecule has 1 saturated heterocycles. The molecule has 0 saturated carbocycles. The summed E-state index contributed by atoms with van der Waals surface area (Å²) >= 11 is 0. The van der Waals surface area contributed by atoms with Crippen LogP contribution in [0.25, 0.3) is 28.1 Å². The Morgan fingerprint density at radius 1 is 0.808 bits per heavy atom. The summed E-state index contributed by atoms with van der Waals surface area (Å²) in [6.45, 7) is 18.4. The number of aliphatic hydroxyl groups is 1. The molecule has 4 aromatic carbocycles. The maximum Gasteiger partial charge on any atom is 0.246 e. The predicted molar refractivity (Wildman–Crippen MR) is 303 cm³/mol. The first-order chi connectivity index (χ1) is 37.3. The number of nitrogens with one attached hydrogen (secondary N) is 4. The second kappa shape index (κ2) is 23.3. The minimum atomic E-state index is -0.969. The largest absolute Gasteiger partial charge is 0.494 e. The number of aryl methyl sites for hydroxylation is 4. The third-order valence-electron chi connectivity index (χ3n) is 15.0. The third-order valence-corrected chi connectivity index (χ3v) is 15.0. The number of amides is 4. The molecule has 6 aromatic rings. The van der Waals surface area contributed by atoms with Gasteiger partial charge in [-0.15, -0.1) is 10.2 Å². The second-order valence-electron chi connectivity index (χ2n) is 22.0. The highest BCUT2D eigenvalue weighted by Crippen LogP contribution is 2.42. The number of allylic oxidation sites excluding steroid dienone is 4. The molecular formula is C62H71N9O7. The molecule has 2 aliphatic heterocycles. The monoisotopic (exact) mass is 1050 g/mol. The summed E-state index contributed by atoms with van der Waals surface area (Å²) in [7, 11) is 0. The van der Waals surface area contributed by atoms with Crippen molar-refractivity contribution in [3.05, 3.63) is 159 Å². The number of likely N-dealkylation sites (tertiary alicyclic amines) is 1. The molecule has 4 heterocycles. The van der Waals surface area contributed by atoms with Crippen molar-refractivity contribution < 1.29 is 33.8 Å². The van der Waals surface area contributed by atoms with E-state index in [2.05, 4.69) is 80.7 Å². The Morgan fingerprint density at radius 3 is 2.21 bits per heavy atom. The number of fused-ring (bicyclic) bond motifs is 2. The van der Waals surface area contributed by atoms with Gasteiger partial charge in [-0.1, -0.05) is 98.6 Å². The van der Waals surface area contributed by atoms with Crippen molar-refractivity contribution in [2.24, 2.45) is 10.4 Å². The molecule has 2 aromatic heterocycles. The molecule has 406 valence electrons. The number of carbonyl (C=O) groups is 4. The molecule has 2 unspecified atom stereocenters. The first kappa shape index (κ1) is 54.8. The SMILES string of the molecule is CC1=C(C)C2=C(C1)n1c(C)nnc1C(CC(=O)Nc1ccc(-c3ccc(OCCCOCC(=O)N[C@H](C(=O)N4CC(O)C[C@H]4C(=O)NCc4ccc(-c5[nH]ccc5C)cc4)C(C)(C)C)cc3)cc1C)N=C2c1ccc(C)cc1. The van der Waals surface area contributed by atoms with E-state index in [9.17, 15) is 24.3 Å². The fraction of sp³-hybridized carbons (Fsp3) is 0.371. The average molecular weight is 1050 g/mol. The molecular weight excluding hydrogens is 983 g/mol. The highest BCUT2D eigenvalue weighted by molar-refractivity contribution is 6.19. The van der Waals surface area contributed by atoms with Gasteiger partial charge in [-0.25, -0.2) is 0 Å². The van der Waals surface area contributed by atoms with Gasteiger partial charge in [-0.05, 0) is 116 Å². The number of nitrogens with zero attached hydrogens (tertiary/aromatic N) is 5. The highest BCUT2D eigenvalue weighted by atomic mass is 16.5. The maximum absolute atomic E-state index is 14.1. The van der Waals surface area contributed by atoms with E-state index in [1.807, 2.05) is 121 Å². The number of aliphatic hydroxyl groups excluding tert-OH is 1. The number of aliphatic imine (C=N–C) groups is 1. The number of hydrogen-bond acceptors (Lipinski definition) is 10. The lowest BCUT2D eigenvalue weighted by Crippen LogP contribution is -2.58. The van der Waals surface area contributed by atoms with Crippen LogP contribution in [0.4, 0.5) is 5.69 Å². The minimum absolute atomic E-state index is 0.0174. The van der Waals surface area contributed by atoms with Crippen LogP contribution in [0.2, 0.25) is 0 Å².